The maximum atomic E-state index is 12.7. The lowest BCUT2D eigenvalue weighted by Crippen LogP contribution is -2.50. The Balaban J connectivity index is 1.59. The Morgan fingerprint density at radius 3 is 2.07 bits per heavy atom. The fraction of sp³-hybridized carbons (Fsp3) is 0.333. The van der Waals surface area contributed by atoms with Gasteiger partial charge in [-0.3, -0.25) is 9.59 Å². The lowest BCUT2D eigenvalue weighted by atomic mass is 10.1. The molecule has 0 spiro atoms. The molecule has 1 fully saturated rings. The highest BCUT2D eigenvalue weighted by Crippen LogP contribution is 2.17. The Bertz CT molecular complexity index is 799. The molecule has 5 nitrogen and oxygen atoms in total. The molecule has 0 bridgehead atoms. The van der Waals surface area contributed by atoms with Gasteiger partial charge in [-0.25, -0.2) is 0 Å². The minimum atomic E-state index is -0.0255. The molecule has 0 atom stereocenters. The molecule has 1 heterocycles. The van der Waals surface area contributed by atoms with Crippen LogP contribution in [0.1, 0.15) is 26.3 Å². The molecule has 0 aromatic heterocycles. The van der Waals surface area contributed by atoms with Crippen LogP contribution in [-0.2, 0) is 5.75 Å². The number of carbonyl (C=O) groups is 2. The lowest BCUT2D eigenvalue weighted by Gasteiger charge is -2.35. The summed E-state index contributed by atoms with van der Waals surface area (Å²) in [6.07, 6.45) is 2.06. The normalized spacial score (nSPS) is 14.1. The SMILES string of the molecule is COc1cccc(C(=O)N2CCN(C(=O)c3ccc(CSC)cc3)CC2)c1. The minimum Gasteiger partial charge on any atom is -0.497 e. The van der Waals surface area contributed by atoms with Gasteiger partial charge in [0.15, 0.2) is 0 Å². The molecule has 142 valence electrons. The number of amides is 2. The number of hydrogen-bond acceptors (Lipinski definition) is 4. The fourth-order valence-electron chi connectivity index (χ4n) is 3.14. The number of piperazine rings is 1. The second-order valence-corrected chi connectivity index (χ2v) is 7.31. The van der Waals surface area contributed by atoms with Crippen LogP contribution in [0.5, 0.6) is 5.75 Å². The van der Waals surface area contributed by atoms with Gasteiger partial charge in [-0.05, 0) is 42.2 Å². The third kappa shape index (κ3) is 4.63. The molecule has 0 unspecified atom stereocenters. The van der Waals surface area contributed by atoms with Gasteiger partial charge in [-0.15, -0.1) is 0 Å². The zero-order valence-electron chi connectivity index (χ0n) is 15.7. The largest absolute Gasteiger partial charge is 0.497 e. The maximum absolute atomic E-state index is 12.7. The molecule has 0 aliphatic carbocycles. The van der Waals surface area contributed by atoms with Gasteiger partial charge in [0.05, 0.1) is 7.11 Å². The first-order chi connectivity index (χ1) is 13.1. The van der Waals surface area contributed by atoms with Crippen LogP contribution in [0.25, 0.3) is 0 Å². The zero-order valence-corrected chi connectivity index (χ0v) is 16.5. The van der Waals surface area contributed by atoms with Crippen molar-refractivity contribution < 1.29 is 14.3 Å². The van der Waals surface area contributed by atoms with Crippen molar-refractivity contribution in [1.82, 2.24) is 9.80 Å². The van der Waals surface area contributed by atoms with E-state index >= 15 is 0 Å². The van der Waals surface area contributed by atoms with Crippen LogP contribution in [0.4, 0.5) is 0 Å². The van der Waals surface area contributed by atoms with E-state index in [0.717, 1.165) is 5.75 Å². The number of ether oxygens (including phenoxy) is 1. The van der Waals surface area contributed by atoms with Crippen LogP contribution in [-0.4, -0.2) is 61.2 Å². The van der Waals surface area contributed by atoms with Gasteiger partial charge in [0.1, 0.15) is 5.75 Å². The molecule has 27 heavy (non-hydrogen) atoms. The Kier molecular flexibility index (Phi) is 6.40. The van der Waals surface area contributed by atoms with E-state index in [4.69, 9.17) is 4.74 Å². The molecule has 6 heteroatoms. The highest BCUT2D eigenvalue weighted by Gasteiger charge is 2.25. The summed E-state index contributed by atoms with van der Waals surface area (Å²) in [4.78, 5) is 29.0. The van der Waals surface area contributed by atoms with Gasteiger partial charge < -0.3 is 14.5 Å². The number of thioether (sulfide) groups is 1. The third-order valence-corrected chi connectivity index (χ3v) is 5.30. The second kappa shape index (κ2) is 8.95. The third-order valence-electron chi connectivity index (χ3n) is 4.68. The molecule has 2 aromatic carbocycles. The van der Waals surface area contributed by atoms with Crippen molar-refractivity contribution >= 4 is 23.6 Å². The molecule has 1 saturated heterocycles. The van der Waals surface area contributed by atoms with Crippen LogP contribution < -0.4 is 4.74 Å². The van der Waals surface area contributed by atoms with Gasteiger partial charge in [0.2, 0.25) is 0 Å². The first kappa shape index (κ1) is 19.3. The first-order valence-electron chi connectivity index (χ1n) is 8.93. The molecule has 0 radical (unpaired) electrons. The van der Waals surface area contributed by atoms with Crippen molar-refractivity contribution in [3.63, 3.8) is 0 Å². The number of carbonyl (C=O) groups excluding carboxylic acids is 2. The summed E-state index contributed by atoms with van der Waals surface area (Å²) in [6, 6.07) is 15.0. The highest BCUT2D eigenvalue weighted by atomic mass is 32.2. The van der Waals surface area contributed by atoms with Crippen molar-refractivity contribution in [3.8, 4) is 5.75 Å². The van der Waals surface area contributed by atoms with Crippen LogP contribution in [0.2, 0.25) is 0 Å². The Morgan fingerprint density at radius 1 is 0.926 bits per heavy atom. The predicted octanol–water partition coefficient (Wildman–Crippen LogP) is 3.16. The van der Waals surface area contributed by atoms with Crippen molar-refractivity contribution in [1.29, 1.82) is 0 Å². The molecular formula is C21H24N2O3S. The topological polar surface area (TPSA) is 49.9 Å². The van der Waals surface area contributed by atoms with Gasteiger partial charge in [-0.1, -0.05) is 18.2 Å². The Labute approximate surface area is 164 Å². The van der Waals surface area contributed by atoms with Crippen LogP contribution in [0, 0.1) is 0 Å². The van der Waals surface area contributed by atoms with Crippen LogP contribution in [0.3, 0.4) is 0 Å². The number of nitrogens with zero attached hydrogens (tertiary/aromatic N) is 2. The first-order valence-corrected chi connectivity index (χ1v) is 10.3. The second-order valence-electron chi connectivity index (χ2n) is 6.45. The van der Waals surface area contributed by atoms with E-state index < -0.39 is 0 Å². The monoisotopic (exact) mass is 384 g/mol. The molecule has 3 rings (SSSR count). The van der Waals surface area contributed by atoms with Crippen molar-refractivity contribution in [2.75, 3.05) is 39.5 Å². The van der Waals surface area contributed by atoms with E-state index in [1.807, 2.05) is 41.3 Å². The maximum Gasteiger partial charge on any atom is 0.254 e. The minimum absolute atomic E-state index is 0.0255. The molecular weight excluding hydrogens is 360 g/mol. The summed E-state index contributed by atoms with van der Waals surface area (Å²) < 4.78 is 5.19. The summed E-state index contributed by atoms with van der Waals surface area (Å²) in [5.74, 6) is 1.61. The predicted molar refractivity (Wildman–Crippen MR) is 108 cm³/mol. The van der Waals surface area contributed by atoms with Crippen molar-refractivity contribution in [2.24, 2.45) is 0 Å². The molecule has 0 saturated carbocycles. The summed E-state index contributed by atoms with van der Waals surface area (Å²) in [5.41, 5.74) is 2.53. The van der Waals surface area contributed by atoms with E-state index in [1.165, 1.54) is 5.56 Å². The van der Waals surface area contributed by atoms with Crippen LogP contribution >= 0.6 is 11.8 Å². The molecule has 1 aliphatic heterocycles. The summed E-state index contributed by atoms with van der Waals surface area (Å²) in [7, 11) is 1.58. The van der Waals surface area contributed by atoms with E-state index in [2.05, 4.69) is 6.26 Å². The number of methoxy groups -OCH3 is 1. The number of benzene rings is 2. The van der Waals surface area contributed by atoms with Crippen molar-refractivity contribution in [3.05, 3.63) is 65.2 Å². The summed E-state index contributed by atoms with van der Waals surface area (Å²) in [5, 5.41) is 0. The number of hydrogen-bond donors (Lipinski definition) is 0. The van der Waals surface area contributed by atoms with E-state index in [9.17, 15) is 9.59 Å². The van der Waals surface area contributed by atoms with E-state index in [0.29, 0.717) is 43.1 Å². The van der Waals surface area contributed by atoms with Gasteiger partial charge in [0, 0.05) is 43.1 Å². The van der Waals surface area contributed by atoms with Crippen LogP contribution in [0.15, 0.2) is 48.5 Å². The Hall–Kier alpha value is -2.47. The fourth-order valence-corrected chi connectivity index (χ4v) is 3.67. The zero-order chi connectivity index (χ0) is 19.2. The van der Waals surface area contributed by atoms with Crippen molar-refractivity contribution in [2.45, 2.75) is 5.75 Å². The van der Waals surface area contributed by atoms with Gasteiger partial charge in [0.25, 0.3) is 11.8 Å². The molecule has 2 aromatic rings. The summed E-state index contributed by atoms with van der Waals surface area (Å²) >= 11 is 1.76. The molecule has 0 N–H and O–H groups in total. The van der Waals surface area contributed by atoms with Gasteiger partial charge in [-0.2, -0.15) is 11.8 Å². The van der Waals surface area contributed by atoms with Gasteiger partial charge >= 0.3 is 0 Å². The average molecular weight is 385 g/mol. The van der Waals surface area contributed by atoms with E-state index in [-0.39, 0.29) is 11.8 Å². The standard InChI is InChI=1S/C21H24N2O3S/c1-26-19-5-3-4-18(14-19)21(25)23-12-10-22(11-13-23)20(24)17-8-6-16(7-9-17)15-27-2/h3-9,14H,10-13,15H2,1-2H3. The highest BCUT2D eigenvalue weighted by molar-refractivity contribution is 7.97. The average Bonchev–Trinajstić information content (AvgIpc) is 2.73. The number of rotatable bonds is 5. The smallest absolute Gasteiger partial charge is 0.254 e. The molecule has 2 amide bonds. The summed E-state index contributed by atoms with van der Waals surface area (Å²) in [6.45, 7) is 2.15. The quantitative estimate of drug-likeness (QED) is 0.795. The molecule has 1 aliphatic rings. The lowest BCUT2D eigenvalue weighted by molar-refractivity contribution is 0.0535. The van der Waals surface area contributed by atoms with E-state index in [1.54, 1.807) is 35.9 Å². The Morgan fingerprint density at radius 2 is 1.52 bits per heavy atom.